The van der Waals surface area contributed by atoms with Crippen LogP contribution in [0.5, 0.6) is 0 Å². The van der Waals surface area contributed by atoms with Gasteiger partial charge in [0.1, 0.15) is 5.01 Å². The second kappa shape index (κ2) is 5.25. The standard InChI is InChI=1S/C15H21N3O2S/c1-8-7-21-14(16-8)13(9-2-3-9)18-15(19)17-11-6-10-4-5-12(11)20-10/h7,9-13H,2-6H2,1H3,(H2,17,18,19)/t10-,11-,12-,13+/m1/s1. The molecular weight excluding hydrogens is 286 g/mol. The molecule has 3 heterocycles. The first-order valence-electron chi connectivity index (χ1n) is 7.83. The first-order valence-corrected chi connectivity index (χ1v) is 8.71. The van der Waals surface area contributed by atoms with Crippen molar-refractivity contribution in [3.63, 3.8) is 0 Å². The smallest absolute Gasteiger partial charge is 0.315 e. The molecule has 6 heteroatoms. The molecule has 4 rings (SSSR count). The second-order valence-electron chi connectivity index (χ2n) is 6.48. The number of aryl methyl sites for hydroxylation is 1. The zero-order chi connectivity index (χ0) is 14.4. The van der Waals surface area contributed by atoms with Crippen molar-refractivity contribution in [3.8, 4) is 0 Å². The molecule has 2 bridgehead atoms. The number of fused-ring (bicyclic) bond motifs is 2. The lowest BCUT2D eigenvalue weighted by atomic mass is 9.96. The minimum atomic E-state index is -0.0686. The summed E-state index contributed by atoms with van der Waals surface area (Å²) in [6, 6.07) is 0.186. The summed E-state index contributed by atoms with van der Waals surface area (Å²) in [6.45, 7) is 2.00. The molecule has 0 radical (unpaired) electrons. The summed E-state index contributed by atoms with van der Waals surface area (Å²) in [6.07, 6.45) is 6.13. The van der Waals surface area contributed by atoms with Gasteiger partial charge in [0.25, 0.3) is 0 Å². The number of aromatic nitrogens is 1. The molecule has 0 aromatic carbocycles. The van der Waals surface area contributed by atoms with Crippen LogP contribution < -0.4 is 10.6 Å². The van der Waals surface area contributed by atoms with Gasteiger partial charge in [-0.3, -0.25) is 0 Å². The van der Waals surface area contributed by atoms with Gasteiger partial charge in [-0.15, -0.1) is 11.3 Å². The number of carbonyl (C=O) groups is 1. The number of hydrogen-bond donors (Lipinski definition) is 2. The average molecular weight is 307 g/mol. The quantitative estimate of drug-likeness (QED) is 0.898. The van der Waals surface area contributed by atoms with Crippen LogP contribution in [0.4, 0.5) is 4.79 Å². The van der Waals surface area contributed by atoms with Crippen LogP contribution in [0.15, 0.2) is 5.38 Å². The highest BCUT2D eigenvalue weighted by atomic mass is 32.1. The summed E-state index contributed by atoms with van der Waals surface area (Å²) in [5.74, 6) is 0.553. The molecule has 2 saturated heterocycles. The molecule has 1 aromatic heterocycles. The molecule has 2 aliphatic heterocycles. The maximum absolute atomic E-state index is 12.3. The van der Waals surface area contributed by atoms with Crippen molar-refractivity contribution in [2.75, 3.05) is 0 Å². The number of amides is 2. The number of nitrogens with zero attached hydrogens (tertiary/aromatic N) is 1. The average Bonchev–Trinajstić information content (AvgIpc) is 2.87. The fourth-order valence-corrected chi connectivity index (χ4v) is 4.41. The van der Waals surface area contributed by atoms with Gasteiger partial charge < -0.3 is 15.4 Å². The molecule has 3 aliphatic rings. The van der Waals surface area contributed by atoms with Crippen LogP contribution in [0.3, 0.4) is 0 Å². The lowest BCUT2D eigenvalue weighted by Gasteiger charge is -2.22. The Morgan fingerprint density at radius 2 is 2.29 bits per heavy atom. The molecule has 0 unspecified atom stereocenters. The fraction of sp³-hybridized carbons (Fsp3) is 0.733. The van der Waals surface area contributed by atoms with Gasteiger partial charge in [-0.05, 0) is 44.9 Å². The molecular formula is C15H21N3O2S. The molecule has 2 amide bonds. The SMILES string of the molecule is Cc1csc([C@@H](NC(=O)N[C@@H]2C[C@H]3CC[C@H]2O3)C2CC2)n1. The monoisotopic (exact) mass is 307 g/mol. The Bertz CT molecular complexity index is 543. The minimum Gasteiger partial charge on any atom is -0.373 e. The summed E-state index contributed by atoms with van der Waals surface area (Å²) in [5, 5.41) is 9.33. The summed E-state index contributed by atoms with van der Waals surface area (Å²) in [4.78, 5) is 16.8. The van der Waals surface area contributed by atoms with E-state index in [-0.39, 0.29) is 24.2 Å². The molecule has 1 aromatic rings. The van der Waals surface area contributed by atoms with Gasteiger partial charge >= 0.3 is 6.03 Å². The number of rotatable bonds is 4. The van der Waals surface area contributed by atoms with Crippen LogP contribution in [0, 0.1) is 12.8 Å². The summed E-state index contributed by atoms with van der Waals surface area (Å²) < 4.78 is 5.79. The largest absolute Gasteiger partial charge is 0.373 e. The third-order valence-electron chi connectivity index (χ3n) is 4.71. The molecule has 3 fully saturated rings. The van der Waals surface area contributed by atoms with Crippen LogP contribution in [0.1, 0.15) is 48.8 Å². The van der Waals surface area contributed by atoms with E-state index in [4.69, 9.17) is 4.74 Å². The zero-order valence-corrected chi connectivity index (χ0v) is 13.0. The first kappa shape index (κ1) is 13.5. The van der Waals surface area contributed by atoms with E-state index >= 15 is 0 Å². The number of nitrogens with one attached hydrogen (secondary N) is 2. The summed E-state index contributed by atoms with van der Waals surface area (Å²) in [7, 11) is 0. The predicted molar refractivity (Wildman–Crippen MR) is 80.3 cm³/mol. The fourth-order valence-electron chi connectivity index (χ4n) is 3.47. The Hall–Kier alpha value is -1.14. The Morgan fingerprint density at radius 3 is 2.86 bits per heavy atom. The maximum Gasteiger partial charge on any atom is 0.315 e. The van der Waals surface area contributed by atoms with Crippen molar-refractivity contribution in [1.29, 1.82) is 0 Å². The van der Waals surface area contributed by atoms with E-state index in [1.165, 1.54) is 12.8 Å². The van der Waals surface area contributed by atoms with Gasteiger partial charge in [0.15, 0.2) is 0 Å². The molecule has 0 spiro atoms. The van der Waals surface area contributed by atoms with Crippen LogP contribution in [-0.2, 0) is 4.74 Å². The van der Waals surface area contributed by atoms with Gasteiger partial charge in [0.05, 0.1) is 24.3 Å². The highest BCUT2D eigenvalue weighted by Crippen LogP contribution is 2.42. The van der Waals surface area contributed by atoms with E-state index in [1.54, 1.807) is 11.3 Å². The van der Waals surface area contributed by atoms with E-state index in [9.17, 15) is 4.79 Å². The minimum absolute atomic E-state index is 0.0686. The molecule has 5 nitrogen and oxygen atoms in total. The molecule has 1 saturated carbocycles. The van der Waals surface area contributed by atoms with Crippen molar-refractivity contribution >= 4 is 17.4 Å². The zero-order valence-electron chi connectivity index (χ0n) is 12.2. The second-order valence-corrected chi connectivity index (χ2v) is 7.37. The van der Waals surface area contributed by atoms with Crippen molar-refractivity contribution in [2.45, 2.75) is 63.3 Å². The summed E-state index contributed by atoms with van der Waals surface area (Å²) >= 11 is 1.64. The van der Waals surface area contributed by atoms with E-state index in [1.807, 2.05) is 12.3 Å². The Morgan fingerprint density at radius 1 is 1.43 bits per heavy atom. The molecule has 2 N–H and O–H groups in total. The van der Waals surface area contributed by atoms with Crippen LogP contribution in [0.25, 0.3) is 0 Å². The van der Waals surface area contributed by atoms with Gasteiger partial charge in [-0.2, -0.15) is 0 Å². The third kappa shape index (κ3) is 2.79. The van der Waals surface area contributed by atoms with Crippen LogP contribution >= 0.6 is 11.3 Å². The maximum atomic E-state index is 12.3. The van der Waals surface area contributed by atoms with Crippen molar-refractivity contribution in [2.24, 2.45) is 5.92 Å². The predicted octanol–water partition coefficient (Wildman–Crippen LogP) is 2.52. The number of ether oxygens (including phenoxy) is 1. The van der Waals surface area contributed by atoms with Crippen molar-refractivity contribution in [3.05, 3.63) is 16.1 Å². The van der Waals surface area contributed by atoms with E-state index in [2.05, 4.69) is 15.6 Å². The molecule has 1 aliphatic carbocycles. The highest BCUT2D eigenvalue weighted by Gasteiger charge is 2.42. The van der Waals surface area contributed by atoms with Crippen molar-refractivity contribution in [1.82, 2.24) is 15.6 Å². The van der Waals surface area contributed by atoms with Gasteiger partial charge in [0.2, 0.25) is 0 Å². The van der Waals surface area contributed by atoms with E-state index < -0.39 is 0 Å². The van der Waals surface area contributed by atoms with E-state index in [0.29, 0.717) is 12.0 Å². The van der Waals surface area contributed by atoms with Crippen molar-refractivity contribution < 1.29 is 9.53 Å². The number of thiazole rings is 1. The topological polar surface area (TPSA) is 63.2 Å². The number of hydrogen-bond acceptors (Lipinski definition) is 4. The van der Waals surface area contributed by atoms with Gasteiger partial charge in [-0.25, -0.2) is 9.78 Å². The lowest BCUT2D eigenvalue weighted by molar-refractivity contribution is 0.0980. The first-order chi connectivity index (χ1) is 10.2. The normalized spacial score (nSPS) is 32.1. The Labute approximate surface area is 128 Å². The lowest BCUT2D eigenvalue weighted by Crippen LogP contribution is -2.47. The number of urea groups is 1. The Balaban J connectivity index is 1.38. The van der Waals surface area contributed by atoms with E-state index in [0.717, 1.165) is 30.0 Å². The number of carbonyl (C=O) groups excluding carboxylic acids is 1. The summed E-state index contributed by atoms with van der Waals surface area (Å²) in [5.41, 5.74) is 1.03. The molecule has 114 valence electrons. The van der Waals surface area contributed by atoms with Crippen LogP contribution in [-0.4, -0.2) is 29.3 Å². The molecule has 21 heavy (non-hydrogen) atoms. The van der Waals surface area contributed by atoms with Gasteiger partial charge in [-0.1, -0.05) is 0 Å². The van der Waals surface area contributed by atoms with Gasteiger partial charge in [0, 0.05) is 11.1 Å². The third-order valence-corrected chi connectivity index (χ3v) is 5.75. The van der Waals surface area contributed by atoms with Crippen LogP contribution in [0.2, 0.25) is 0 Å². The Kier molecular flexibility index (Phi) is 3.38. The highest BCUT2D eigenvalue weighted by molar-refractivity contribution is 7.09. The molecule has 4 atom stereocenters.